The van der Waals surface area contributed by atoms with Crippen molar-refractivity contribution in [1.29, 1.82) is 5.26 Å². The summed E-state index contributed by atoms with van der Waals surface area (Å²) in [7, 11) is 0. The first-order valence-corrected chi connectivity index (χ1v) is 10.1. The van der Waals surface area contributed by atoms with Crippen molar-refractivity contribution in [3.63, 3.8) is 0 Å². The van der Waals surface area contributed by atoms with Gasteiger partial charge >= 0.3 is 6.03 Å². The fraction of sp³-hybridized carbons (Fsp3) is 0.318. The number of hydrogen-bond acceptors (Lipinski definition) is 3. The van der Waals surface area contributed by atoms with Crippen LogP contribution in [-0.4, -0.2) is 47.5 Å². The molecule has 0 saturated carbocycles. The molecule has 9 heteroatoms. The number of nitrogens with one attached hydrogen (secondary N) is 2. The lowest BCUT2D eigenvalue weighted by Gasteiger charge is -2.42. The molecule has 2 N–H and O–H groups in total. The molecule has 1 aliphatic heterocycles. The predicted octanol–water partition coefficient (Wildman–Crippen LogP) is 4.23. The summed E-state index contributed by atoms with van der Waals surface area (Å²) >= 11 is 0. The van der Waals surface area contributed by atoms with Gasteiger partial charge in [0.1, 0.15) is 11.6 Å². The van der Waals surface area contributed by atoms with Crippen LogP contribution >= 0.6 is 0 Å². The first kappa shape index (κ1) is 22.0. The smallest absolute Gasteiger partial charge is 0.322 e. The van der Waals surface area contributed by atoms with Gasteiger partial charge in [-0.3, -0.25) is 0 Å². The van der Waals surface area contributed by atoms with Crippen LogP contribution < -0.4 is 10.6 Å². The molecule has 1 atom stereocenters. The Balaban J connectivity index is 1.74. The van der Waals surface area contributed by atoms with E-state index in [0.29, 0.717) is 25.3 Å². The fourth-order valence-electron chi connectivity index (χ4n) is 3.55. The maximum absolute atomic E-state index is 14.1. The van der Waals surface area contributed by atoms with Gasteiger partial charge in [0.15, 0.2) is 0 Å². The summed E-state index contributed by atoms with van der Waals surface area (Å²) in [5, 5.41) is 14.7. The molecule has 0 aliphatic carbocycles. The number of benzene rings is 2. The van der Waals surface area contributed by atoms with Gasteiger partial charge in [0.2, 0.25) is 12.2 Å². The molecule has 3 rings (SSSR count). The number of anilines is 2. The average Bonchev–Trinajstić information content (AvgIpc) is 2.77. The topological polar surface area (TPSA) is 83.8 Å². The predicted molar refractivity (Wildman–Crippen MR) is 115 cm³/mol. The molecule has 0 bridgehead atoms. The molecule has 1 saturated heterocycles. The minimum Gasteiger partial charge on any atom is -0.338 e. The lowest BCUT2D eigenvalue weighted by molar-refractivity contribution is 0.130. The number of para-hydroxylation sites is 1. The van der Waals surface area contributed by atoms with Crippen molar-refractivity contribution in [2.24, 2.45) is 4.99 Å². The number of nitriles is 1. The van der Waals surface area contributed by atoms with Gasteiger partial charge < -0.3 is 20.4 Å². The van der Waals surface area contributed by atoms with Gasteiger partial charge in [0, 0.05) is 31.4 Å². The largest absolute Gasteiger partial charge is 0.338 e. The third-order valence-corrected chi connectivity index (χ3v) is 5.02. The van der Waals surface area contributed by atoms with E-state index in [0.717, 1.165) is 31.0 Å². The van der Waals surface area contributed by atoms with Gasteiger partial charge in [-0.1, -0.05) is 31.5 Å². The number of aliphatic imine (C=N–C) groups is 1. The number of guanidine groups is 1. The van der Waals surface area contributed by atoms with E-state index in [4.69, 9.17) is 5.26 Å². The van der Waals surface area contributed by atoms with E-state index in [1.54, 1.807) is 16.0 Å². The quantitative estimate of drug-likeness (QED) is 0.435. The Bertz CT molecular complexity index is 976. The molecule has 0 radical (unpaired) electrons. The van der Waals surface area contributed by atoms with Crippen LogP contribution in [-0.2, 0) is 0 Å². The van der Waals surface area contributed by atoms with Crippen LogP contribution in [0.2, 0.25) is 0 Å². The molecule has 31 heavy (non-hydrogen) atoms. The van der Waals surface area contributed by atoms with Gasteiger partial charge in [0.25, 0.3) is 0 Å². The average molecular weight is 426 g/mol. The Hall–Kier alpha value is -3.67. The molecule has 1 unspecified atom stereocenters. The monoisotopic (exact) mass is 426 g/mol. The Labute approximate surface area is 180 Å². The van der Waals surface area contributed by atoms with E-state index in [2.05, 4.69) is 15.6 Å². The second-order valence-electron chi connectivity index (χ2n) is 7.16. The lowest BCUT2D eigenvalue weighted by Crippen LogP contribution is -2.58. The molecular formula is C22H24F2N6O. The van der Waals surface area contributed by atoms with Crippen molar-refractivity contribution in [2.45, 2.75) is 25.8 Å². The van der Waals surface area contributed by atoms with Crippen molar-refractivity contribution in [3.8, 4) is 6.19 Å². The van der Waals surface area contributed by atoms with Crippen LogP contribution in [0.1, 0.15) is 19.8 Å². The molecule has 162 valence electrons. The van der Waals surface area contributed by atoms with Crippen molar-refractivity contribution in [3.05, 3.63) is 60.2 Å². The van der Waals surface area contributed by atoms with Crippen molar-refractivity contribution in [1.82, 2.24) is 9.80 Å². The molecule has 0 spiro atoms. The zero-order valence-corrected chi connectivity index (χ0v) is 17.2. The van der Waals surface area contributed by atoms with Crippen LogP contribution in [0.15, 0.2) is 53.5 Å². The van der Waals surface area contributed by atoms with E-state index < -0.39 is 11.6 Å². The van der Waals surface area contributed by atoms with Gasteiger partial charge in [-0.15, -0.1) is 4.99 Å². The van der Waals surface area contributed by atoms with Crippen molar-refractivity contribution < 1.29 is 13.6 Å². The normalized spacial score (nSPS) is 16.6. The molecule has 2 amide bonds. The number of amides is 2. The Morgan fingerprint density at radius 3 is 2.68 bits per heavy atom. The van der Waals surface area contributed by atoms with Gasteiger partial charge in [-0.05, 0) is 30.7 Å². The van der Waals surface area contributed by atoms with E-state index >= 15 is 0 Å². The SMILES string of the molecule is CCCC1CN(/C(=N\C#N)Nc2cc(F)ccc2F)CCN1C(=O)Nc1ccccc1. The second-order valence-corrected chi connectivity index (χ2v) is 7.16. The summed E-state index contributed by atoms with van der Waals surface area (Å²) in [4.78, 5) is 20.2. The highest BCUT2D eigenvalue weighted by Gasteiger charge is 2.31. The van der Waals surface area contributed by atoms with Gasteiger partial charge in [0.05, 0.1) is 11.7 Å². The van der Waals surface area contributed by atoms with E-state index in [1.807, 2.05) is 37.3 Å². The van der Waals surface area contributed by atoms with Crippen molar-refractivity contribution >= 4 is 23.4 Å². The number of piperazine rings is 1. The van der Waals surface area contributed by atoms with Crippen LogP contribution in [0.4, 0.5) is 25.0 Å². The van der Waals surface area contributed by atoms with E-state index in [1.165, 1.54) is 0 Å². The van der Waals surface area contributed by atoms with Gasteiger partial charge in [-0.2, -0.15) is 5.26 Å². The number of urea groups is 1. The highest BCUT2D eigenvalue weighted by atomic mass is 19.1. The Kier molecular flexibility index (Phi) is 7.38. The standard InChI is InChI=1S/C22H24F2N6O/c1-2-6-18-14-29(11-12-30(18)22(31)27-17-7-4-3-5-8-17)21(26-15-25)28-20-13-16(23)9-10-19(20)24/h3-5,7-10,13,18H,2,6,11-12,14H2,1H3,(H,26,28)(H,27,31). The summed E-state index contributed by atoms with van der Waals surface area (Å²) in [6, 6.07) is 11.9. The molecule has 1 fully saturated rings. The number of rotatable bonds is 4. The molecule has 1 aliphatic rings. The number of hydrogen-bond donors (Lipinski definition) is 2. The third kappa shape index (κ3) is 5.69. The first-order valence-electron chi connectivity index (χ1n) is 10.1. The van der Waals surface area contributed by atoms with E-state index in [-0.39, 0.29) is 23.7 Å². The number of nitrogens with zero attached hydrogens (tertiary/aromatic N) is 4. The Morgan fingerprint density at radius 1 is 1.19 bits per heavy atom. The number of carbonyl (C=O) groups excluding carboxylic acids is 1. The maximum atomic E-state index is 14.1. The van der Waals surface area contributed by atoms with Crippen LogP contribution in [0.3, 0.4) is 0 Å². The molecule has 7 nitrogen and oxygen atoms in total. The first-order chi connectivity index (χ1) is 15.0. The summed E-state index contributed by atoms with van der Waals surface area (Å²) in [6.07, 6.45) is 3.30. The van der Waals surface area contributed by atoms with E-state index in [9.17, 15) is 13.6 Å². The molecule has 0 aromatic heterocycles. The second kappa shape index (κ2) is 10.4. The van der Waals surface area contributed by atoms with Crippen LogP contribution in [0, 0.1) is 23.1 Å². The molecule has 2 aromatic carbocycles. The highest BCUT2D eigenvalue weighted by Crippen LogP contribution is 2.20. The van der Waals surface area contributed by atoms with Crippen molar-refractivity contribution in [2.75, 3.05) is 30.3 Å². The lowest BCUT2D eigenvalue weighted by atomic mass is 10.1. The number of halogens is 2. The van der Waals surface area contributed by atoms with Gasteiger partial charge in [-0.25, -0.2) is 13.6 Å². The maximum Gasteiger partial charge on any atom is 0.322 e. The number of carbonyl (C=O) groups is 1. The summed E-state index contributed by atoms with van der Waals surface area (Å²) < 4.78 is 27.6. The zero-order valence-electron chi connectivity index (χ0n) is 17.2. The van der Waals surface area contributed by atoms with Crippen LogP contribution in [0.5, 0.6) is 0 Å². The minimum absolute atomic E-state index is 0.106. The molecule has 2 aromatic rings. The summed E-state index contributed by atoms with van der Waals surface area (Å²) in [5.41, 5.74) is 0.602. The summed E-state index contributed by atoms with van der Waals surface area (Å²) in [6.45, 7) is 3.20. The zero-order chi connectivity index (χ0) is 22.2. The highest BCUT2D eigenvalue weighted by molar-refractivity contribution is 5.95. The molecular weight excluding hydrogens is 402 g/mol. The van der Waals surface area contributed by atoms with Crippen LogP contribution in [0.25, 0.3) is 0 Å². The third-order valence-electron chi connectivity index (χ3n) is 5.02. The summed E-state index contributed by atoms with van der Waals surface area (Å²) in [5.74, 6) is -1.14. The Morgan fingerprint density at radius 2 is 1.97 bits per heavy atom. The fourth-order valence-corrected chi connectivity index (χ4v) is 3.55. The molecule has 1 heterocycles. The minimum atomic E-state index is -0.655.